The van der Waals surface area contributed by atoms with E-state index in [-0.39, 0.29) is 5.57 Å². The Labute approximate surface area is 133 Å². The van der Waals surface area contributed by atoms with Gasteiger partial charge < -0.3 is 10.1 Å². The number of amides is 1. The minimum atomic E-state index is -0.555. The van der Waals surface area contributed by atoms with Gasteiger partial charge in [-0.25, -0.2) is 4.39 Å². The van der Waals surface area contributed by atoms with Crippen molar-refractivity contribution < 1.29 is 13.9 Å². The van der Waals surface area contributed by atoms with Crippen molar-refractivity contribution >= 4 is 17.7 Å². The molecule has 116 valence electrons. The van der Waals surface area contributed by atoms with Gasteiger partial charge in [0.1, 0.15) is 23.2 Å². The van der Waals surface area contributed by atoms with Crippen LogP contribution in [0.25, 0.3) is 6.08 Å². The van der Waals surface area contributed by atoms with Crippen LogP contribution >= 0.6 is 0 Å². The number of benzene rings is 2. The SMILES string of the molecule is CCOc1ccc(NC(=O)C(C#N)=Cc2cccc(F)c2)cc1. The predicted molar refractivity (Wildman–Crippen MR) is 86.2 cm³/mol. The molecule has 0 fully saturated rings. The number of nitrogens with zero attached hydrogens (tertiary/aromatic N) is 1. The summed E-state index contributed by atoms with van der Waals surface area (Å²) in [7, 11) is 0. The summed E-state index contributed by atoms with van der Waals surface area (Å²) in [5, 5.41) is 11.7. The van der Waals surface area contributed by atoms with Crippen molar-refractivity contribution in [2.24, 2.45) is 0 Å². The molecule has 5 heteroatoms. The average molecular weight is 310 g/mol. The van der Waals surface area contributed by atoms with Crippen molar-refractivity contribution in [2.45, 2.75) is 6.92 Å². The van der Waals surface area contributed by atoms with E-state index >= 15 is 0 Å². The first-order chi connectivity index (χ1) is 11.1. The van der Waals surface area contributed by atoms with Crippen LogP contribution in [0.1, 0.15) is 12.5 Å². The quantitative estimate of drug-likeness (QED) is 0.675. The molecule has 1 N–H and O–H groups in total. The van der Waals surface area contributed by atoms with Gasteiger partial charge in [0, 0.05) is 5.69 Å². The zero-order chi connectivity index (χ0) is 16.7. The normalized spacial score (nSPS) is 10.7. The lowest BCUT2D eigenvalue weighted by Crippen LogP contribution is -2.13. The molecule has 0 aromatic heterocycles. The number of hydrogen-bond acceptors (Lipinski definition) is 3. The smallest absolute Gasteiger partial charge is 0.266 e. The highest BCUT2D eigenvalue weighted by atomic mass is 19.1. The monoisotopic (exact) mass is 310 g/mol. The van der Waals surface area contributed by atoms with E-state index < -0.39 is 11.7 Å². The third-order valence-corrected chi connectivity index (χ3v) is 2.95. The first-order valence-corrected chi connectivity index (χ1v) is 7.04. The van der Waals surface area contributed by atoms with Gasteiger partial charge in [-0.05, 0) is 55.0 Å². The Kier molecular flexibility index (Phi) is 5.48. The third kappa shape index (κ3) is 4.68. The summed E-state index contributed by atoms with van der Waals surface area (Å²) in [6.45, 7) is 2.44. The van der Waals surface area contributed by atoms with Gasteiger partial charge in [0.25, 0.3) is 5.91 Å². The van der Waals surface area contributed by atoms with E-state index in [1.807, 2.05) is 13.0 Å². The van der Waals surface area contributed by atoms with E-state index in [0.29, 0.717) is 23.6 Å². The number of carbonyl (C=O) groups excluding carboxylic acids is 1. The number of halogens is 1. The molecule has 4 nitrogen and oxygen atoms in total. The van der Waals surface area contributed by atoms with E-state index in [9.17, 15) is 9.18 Å². The van der Waals surface area contributed by atoms with Gasteiger partial charge >= 0.3 is 0 Å². The molecule has 2 aromatic carbocycles. The van der Waals surface area contributed by atoms with Gasteiger partial charge in [0.15, 0.2) is 0 Å². The number of nitriles is 1. The maximum atomic E-state index is 13.1. The Morgan fingerprint density at radius 3 is 2.65 bits per heavy atom. The molecule has 0 spiro atoms. The standard InChI is InChI=1S/C18H15FN2O2/c1-2-23-17-8-6-16(7-9-17)21-18(22)14(12-20)10-13-4-3-5-15(19)11-13/h3-11H,2H2,1H3,(H,21,22). The molecule has 0 aliphatic carbocycles. The molecule has 23 heavy (non-hydrogen) atoms. The molecular formula is C18H15FN2O2. The summed E-state index contributed by atoms with van der Waals surface area (Å²) in [5.74, 6) is -0.287. The fourth-order valence-electron chi connectivity index (χ4n) is 1.91. The Morgan fingerprint density at radius 1 is 1.30 bits per heavy atom. The van der Waals surface area contributed by atoms with E-state index in [4.69, 9.17) is 10.00 Å². The van der Waals surface area contributed by atoms with Crippen LogP contribution < -0.4 is 10.1 Å². The summed E-state index contributed by atoms with van der Waals surface area (Å²) < 4.78 is 18.5. The Morgan fingerprint density at radius 2 is 2.04 bits per heavy atom. The lowest BCUT2D eigenvalue weighted by atomic mass is 10.1. The summed E-state index contributed by atoms with van der Waals surface area (Å²) in [5.41, 5.74) is 0.881. The summed E-state index contributed by atoms with van der Waals surface area (Å²) >= 11 is 0. The molecule has 0 unspecified atom stereocenters. The number of hydrogen-bond donors (Lipinski definition) is 1. The van der Waals surface area contributed by atoms with Gasteiger partial charge in [-0.3, -0.25) is 4.79 Å². The Hall–Kier alpha value is -3.13. The molecule has 0 saturated heterocycles. The maximum Gasteiger partial charge on any atom is 0.266 e. The highest BCUT2D eigenvalue weighted by Gasteiger charge is 2.09. The summed E-state index contributed by atoms with van der Waals surface area (Å²) in [6, 6.07) is 14.3. The minimum absolute atomic E-state index is 0.107. The molecule has 0 aliphatic heterocycles. The fourth-order valence-corrected chi connectivity index (χ4v) is 1.91. The van der Waals surface area contributed by atoms with Crippen molar-refractivity contribution in [1.29, 1.82) is 5.26 Å². The van der Waals surface area contributed by atoms with E-state index in [1.165, 1.54) is 24.3 Å². The van der Waals surface area contributed by atoms with Gasteiger partial charge in [-0.15, -0.1) is 0 Å². The molecule has 2 aromatic rings. The first-order valence-electron chi connectivity index (χ1n) is 7.04. The predicted octanol–water partition coefficient (Wildman–Crippen LogP) is 3.77. The second-order valence-corrected chi connectivity index (χ2v) is 4.64. The number of carbonyl (C=O) groups is 1. The van der Waals surface area contributed by atoms with E-state index in [1.54, 1.807) is 30.3 Å². The van der Waals surface area contributed by atoms with E-state index in [0.717, 1.165) is 0 Å². The number of ether oxygens (including phenoxy) is 1. The Balaban J connectivity index is 2.12. The molecule has 0 bridgehead atoms. The summed E-state index contributed by atoms with van der Waals surface area (Å²) in [4.78, 5) is 12.1. The molecule has 1 amide bonds. The van der Waals surface area contributed by atoms with Gasteiger partial charge in [0.05, 0.1) is 6.61 Å². The maximum absolute atomic E-state index is 13.1. The third-order valence-electron chi connectivity index (χ3n) is 2.95. The lowest BCUT2D eigenvalue weighted by molar-refractivity contribution is -0.112. The largest absolute Gasteiger partial charge is 0.494 e. The zero-order valence-electron chi connectivity index (χ0n) is 12.5. The van der Waals surface area contributed by atoms with Crippen molar-refractivity contribution in [3.8, 4) is 11.8 Å². The van der Waals surface area contributed by atoms with Crippen LogP contribution in [0.15, 0.2) is 54.1 Å². The van der Waals surface area contributed by atoms with Crippen LogP contribution in [0.3, 0.4) is 0 Å². The van der Waals surface area contributed by atoms with Crippen LogP contribution in [0, 0.1) is 17.1 Å². The fraction of sp³-hybridized carbons (Fsp3) is 0.111. The van der Waals surface area contributed by atoms with Crippen molar-refractivity contribution in [1.82, 2.24) is 0 Å². The van der Waals surface area contributed by atoms with Crippen molar-refractivity contribution in [3.05, 3.63) is 65.5 Å². The van der Waals surface area contributed by atoms with E-state index in [2.05, 4.69) is 5.32 Å². The average Bonchev–Trinajstić information content (AvgIpc) is 2.54. The molecule has 0 aliphatic rings. The highest BCUT2D eigenvalue weighted by Crippen LogP contribution is 2.17. The highest BCUT2D eigenvalue weighted by molar-refractivity contribution is 6.09. The van der Waals surface area contributed by atoms with Gasteiger partial charge in [-0.2, -0.15) is 5.26 Å². The van der Waals surface area contributed by atoms with Gasteiger partial charge in [-0.1, -0.05) is 12.1 Å². The number of nitrogens with one attached hydrogen (secondary N) is 1. The van der Waals surface area contributed by atoms with Crippen LogP contribution in [0.5, 0.6) is 5.75 Å². The lowest BCUT2D eigenvalue weighted by Gasteiger charge is -2.06. The Bertz CT molecular complexity index is 761. The molecule has 0 atom stereocenters. The number of anilines is 1. The second kappa shape index (κ2) is 7.76. The second-order valence-electron chi connectivity index (χ2n) is 4.64. The molecule has 0 radical (unpaired) electrons. The van der Waals surface area contributed by atoms with Crippen molar-refractivity contribution in [2.75, 3.05) is 11.9 Å². The van der Waals surface area contributed by atoms with Crippen LogP contribution in [0.4, 0.5) is 10.1 Å². The zero-order valence-corrected chi connectivity index (χ0v) is 12.5. The van der Waals surface area contributed by atoms with Crippen LogP contribution in [0.2, 0.25) is 0 Å². The first kappa shape index (κ1) is 16.2. The molecule has 0 saturated carbocycles. The number of rotatable bonds is 5. The molecular weight excluding hydrogens is 295 g/mol. The van der Waals surface area contributed by atoms with Crippen LogP contribution in [-0.4, -0.2) is 12.5 Å². The molecule has 0 heterocycles. The summed E-state index contributed by atoms with van der Waals surface area (Å²) in [6.07, 6.45) is 1.34. The topological polar surface area (TPSA) is 62.1 Å². The van der Waals surface area contributed by atoms with Gasteiger partial charge in [0.2, 0.25) is 0 Å². The minimum Gasteiger partial charge on any atom is -0.494 e. The van der Waals surface area contributed by atoms with Crippen molar-refractivity contribution in [3.63, 3.8) is 0 Å². The molecule has 2 rings (SSSR count). The van der Waals surface area contributed by atoms with Crippen LogP contribution in [-0.2, 0) is 4.79 Å².